The van der Waals surface area contributed by atoms with Crippen LogP contribution >= 0.6 is 11.3 Å². The van der Waals surface area contributed by atoms with Crippen molar-refractivity contribution in [3.63, 3.8) is 0 Å². The lowest BCUT2D eigenvalue weighted by molar-refractivity contribution is 0.0502. The van der Waals surface area contributed by atoms with Crippen LogP contribution in [0.15, 0.2) is 6.20 Å². The molecule has 114 valence electrons. The van der Waals surface area contributed by atoms with Crippen molar-refractivity contribution in [1.29, 1.82) is 0 Å². The highest BCUT2D eigenvalue weighted by atomic mass is 32.1. The van der Waals surface area contributed by atoms with Crippen molar-refractivity contribution in [2.75, 3.05) is 6.54 Å². The molecule has 1 unspecified atom stereocenters. The van der Waals surface area contributed by atoms with Crippen LogP contribution < -0.4 is 10.6 Å². The average Bonchev–Trinajstić information content (AvgIpc) is 2.71. The summed E-state index contributed by atoms with van der Waals surface area (Å²) in [6.07, 6.45) is 2.38. The maximum absolute atomic E-state index is 11.7. The van der Waals surface area contributed by atoms with Crippen LogP contribution in [0, 0.1) is 6.92 Å². The Morgan fingerprint density at radius 2 is 2.20 bits per heavy atom. The van der Waals surface area contributed by atoms with Crippen molar-refractivity contribution in [3.8, 4) is 0 Å². The molecule has 20 heavy (non-hydrogen) atoms. The summed E-state index contributed by atoms with van der Waals surface area (Å²) in [5.41, 5.74) is -0.462. The number of carbonyl (C=O) groups excluding carboxylic acids is 1. The first-order valence-corrected chi connectivity index (χ1v) is 7.73. The molecule has 0 spiro atoms. The minimum absolute atomic E-state index is 0.0684. The van der Waals surface area contributed by atoms with Gasteiger partial charge in [0, 0.05) is 30.2 Å². The van der Waals surface area contributed by atoms with Gasteiger partial charge in [-0.15, -0.1) is 11.3 Å². The Bertz CT molecular complexity index is 426. The lowest BCUT2D eigenvalue weighted by Crippen LogP contribution is -2.43. The predicted octanol–water partition coefficient (Wildman–Crippen LogP) is 2.84. The van der Waals surface area contributed by atoms with E-state index in [0.29, 0.717) is 6.54 Å². The van der Waals surface area contributed by atoms with Gasteiger partial charge in [0.25, 0.3) is 0 Å². The van der Waals surface area contributed by atoms with Crippen molar-refractivity contribution in [2.24, 2.45) is 0 Å². The molecular formula is C14H25N3O2S. The molecule has 0 aliphatic rings. The number of amides is 1. The summed E-state index contributed by atoms with van der Waals surface area (Å²) < 4.78 is 5.25. The maximum Gasteiger partial charge on any atom is 0.407 e. The van der Waals surface area contributed by atoms with E-state index >= 15 is 0 Å². The molecule has 1 aromatic rings. The molecular weight excluding hydrogens is 274 g/mol. The smallest absolute Gasteiger partial charge is 0.407 e. The van der Waals surface area contributed by atoms with Crippen LogP contribution in [0.1, 0.15) is 44.0 Å². The summed E-state index contributed by atoms with van der Waals surface area (Å²) in [5.74, 6) is 0. The SMILES string of the molecule is CCC(CNCc1cnc(C)s1)NC(=O)OC(C)(C)C. The number of thiazole rings is 1. The largest absolute Gasteiger partial charge is 0.444 e. The Morgan fingerprint density at radius 3 is 2.70 bits per heavy atom. The fraction of sp³-hybridized carbons (Fsp3) is 0.714. The number of hydrogen-bond acceptors (Lipinski definition) is 5. The summed E-state index contributed by atoms with van der Waals surface area (Å²) in [5, 5.41) is 7.28. The number of ether oxygens (including phenoxy) is 1. The summed E-state index contributed by atoms with van der Waals surface area (Å²) in [7, 11) is 0. The number of nitrogens with zero attached hydrogens (tertiary/aromatic N) is 1. The topological polar surface area (TPSA) is 63.2 Å². The van der Waals surface area contributed by atoms with Gasteiger partial charge >= 0.3 is 6.09 Å². The van der Waals surface area contributed by atoms with E-state index in [1.807, 2.05) is 40.8 Å². The molecule has 0 bridgehead atoms. The third-order valence-corrected chi connectivity index (χ3v) is 3.49. The second kappa shape index (κ2) is 7.59. The van der Waals surface area contributed by atoms with Gasteiger partial charge in [-0.05, 0) is 34.1 Å². The molecule has 0 radical (unpaired) electrons. The van der Waals surface area contributed by atoms with Crippen molar-refractivity contribution in [1.82, 2.24) is 15.6 Å². The van der Waals surface area contributed by atoms with Crippen molar-refractivity contribution < 1.29 is 9.53 Å². The lowest BCUT2D eigenvalue weighted by atomic mass is 10.2. The molecule has 1 rings (SSSR count). The standard InChI is InChI=1S/C14H25N3O2S/c1-6-11(17-13(18)19-14(3,4)5)7-15-8-12-9-16-10(2)20-12/h9,11,15H,6-8H2,1-5H3,(H,17,18). The van der Waals surface area contributed by atoms with Gasteiger partial charge < -0.3 is 15.4 Å². The number of carbonyl (C=O) groups is 1. The Kier molecular flexibility index (Phi) is 6.42. The molecule has 0 saturated carbocycles. The molecule has 1 atom stereocenters. The quantitative estimate of drug-likeness (QED) is 0.848. The van der Waals surface area contributed by atoms with Crippen molar-refractivity contribution in [2.45, 2.75) is 59.2 Å². The number of aromatic nitrogens is 1. The monoisotopic (exact) mass is 299 g/mol. The van der Waals surface area contributed by atoms with E-state index in [4.69, 9.17) is 4.74 Å². The maximum atomic E-state index is 11.7. The summed E-state index contributed by atoms with van der Waals surface area (Å²) in [6, 6.07) is 0.0684. The molecule has 0 fully saturated rings. The molecule has 0 saturated heterocycles. The third kappa shape index (κ3) is 6.86. The third-order valence-electron chi connectivity index (χ3n) is 2.57. The van der Waals surface area contributed by atoms with Gasteiger partial charge in [0.1, 0.15) is 5.60 Å². The number of nitrogens with one attached hydrogen (secondary N) is 2. The number of alkyl carbamates (subject to hydrolysis) is 1. The molecule has 0 aromatic carbocycles. The van der Waals surface area contributed by atoms with Gasteiger partial charge in [-0.2, -0.15) is 0 Å². The highest BCUT2D eigenvalue weighted by Gasteiger charge is 2.18. The Balaban J connectivity index is 2.30. The van der Waals surface area contributed by atoms with Crippen LogP contribution in [-0.2, 0) is 11.3 Å². The molecule has 0 aliphatic carbocycles. The minimum Gasteiger partial charge on any atom is -0.444 e. The van der Waals surface area contributed by atoms with E-state index in [1.165, 1.54) is 4.88 Å². The molecule has 0 aliphatic heterocycles. The lowest BCUT2D eigenvalue weighted by Gasteiger charge is -2.23. The summed E-state index contributed by atoms with van der Waals surface area (Å²) in [6.45, 7) is 11.1. The second-order valence-corrected chi connectivity index (χ2v) is 7.05. The van der Waals surface area contributed by atoms with E-state index < -0.39 is 5.60 Å². The first kappa shape index (κ1) is 16.9. The fourth-order valence-corrected chi connectivity index (χ4v) is 2.39. The molecule has 1 amide bonds. The second-order valence-electron chi connectivity index (χ2n) is 5.73. The molecule has 1 heterocycles. The van der Waals surface area contributed by atoms with Gasteiger partial charge in [-0.3, -0.25) is 0 Å². The molecule has 1 aromatic heterocycles. The number of rotatable bonds is 6. The van der Waals surface area contributed by atoms with E-state index in [0.717, 1.165) is 18.0 Å². The minimum atomic E-state index is -0.462. The molecule has 2 N–H and O–H groups in total. The van der Waals surface area contributed by atoms with Crippen LogP contribution in [0.4, 0.5) is 4.79 Å². The van der Waals surface area contributed by atoms with Crippen LogP contribution in [0.2, 0.25) is 0 Å². The van der Waals surface area contributed by atoms with Crippen LogP contribution in [0.5, 0.6) is 0 Å². The van der Waals surface area contributed by atoms with Crippen molar-refractivity contribution in [3.05, 3.63) is 16.1 Å². The molecule has 6 heteroatoms. The number of aryl methyl sites for hydroxylation is 1. The van der Waals surface area contributed by atoms with Gasteiger partial charge in [0.05, 0.1) is 5.01 Å². The zero-order valence-corrected chi connectivity index (χ0v) is 13.8. The van der Waals surface area contributed by atoms with Crippen molar-refractivity contribution >= 4 is 17.4 Å². The van der Waals surface area contributed by atoms with E-state index in [-0.39, 0.29) is 12.1 Å². The Hall–Kier alpha value is -1.14. The zero-order valence-electron chi connectivity index (χ0n) is 12.9. The Morgan fingerprint density at radius 1 is 1.50 bits per heavy atom. The highest BCUT2D eigenvalue weighted by Crippen LogP contribution is 2.11. The van der Waals surface area contributed by atoms with Crippen LogP contribution in [0.25, 0.3) is 0 Å². The van der Waals surface area contributed by atoms with Gasteiger partial charge in [-0.25, -0.2) is 9.78 Å². The normalized spacial score (nSPS) is 13.1. The highest BCUT2D eigenvalue weighted by molar-refractivity contribution is 7.11. The summed E-state index contributed by atoms with van der Waals surface area (Å²) in [4.78, 5) is 17.1. The first-order chi connectivity index (χ1) is 9.30. The van der Waals surface area contributed by atoms with E-state index in [2.05, 4.69) is 15.6 Å². The fourth-order valence-electron chi connectivity index (χ4n) is 1.63. The van der Waals surface area contributed by atoms with Gasteiger partial charge in [-0.1, -0.05) is 6.92 Å². The van der Waals surface area contributed by atoms with E-state index in [9.17, 15) is 4.79 Å². The van der Waals surface area contributed by atoms with E-state index in [1.54, 1.807) is 11.3 Å². The van der Waals surface area contributed by atoms with Gasteiger partial charge in [0.2, 0.25) is 0 Å². The van der Waals surface area contributed by atoms with Crippen LogP contribution in [-0.4, -0.2) is 29.3 Å². The predicted molar refractivity (Wildman–Crippen MR) is 82.0 cm³/mol. The van der Waals surface area contributed by atoms with Gasteiger partial charge in [0.15, 0.2) is 0 Å². The van der Waals surface area contributed by atoms with Crippen LogP contribution in [0.3, 0.4) is 0 Å². The summed E-state index contributed by atoms with van der Waals surface area (Å²) >= 11 is 1.68. The zero-order chi connectivity index (χ0) is 15.2. The molecule has 5 nitrogen and oxygen atoms in total. The first-order valence-electron chi connectivity index (χ1n) is 6.91. The number of hydrogen-bond donors (Lipinski definition) is 2. The average molecular weight is 299 g/mol. The Labute approximate surface area is 125 Å².